The zero-order chi connectivity index (χ0) is 14.2. The fourth-order valence-corrected chi connectivity index (χ4v) is 3.84. The third-order valence-corrected chi connectivity index (χ3v) is 4.96. The Morgan fingerprint density at radius 3 is 2.74 bits per heavy atom. The second kappa shape index (κ2) is 4.80. The number of carboxylic acids is 1. The summed E-state index contributed by atoms with van der Waals surface area (Å²) >= 11 is 0. The standard InChI is InChI=1S/C12H14FNO4S/c1-8-7-19(17,18)5-4-14(8)11-3-2-9(13)6-10(11)12(15)16/h2-3,6,8H,4-5,7H2,1H3,(H,15,16). The predicted molar refractivity (Wildman–Crippen MR) is 68.8 cm³/mol. The number of halogens is 1. The van der Waals surface area contributed by atoms with Crippen molar-refractivity contribution < 1.29 is 22.7 Å². The molecule has 0 amide bonds. The van der Waals surface area contributed by atoms with Crippen LogP contribution in [-0.2, 0) is 9.84 Å². The predicted octanol–water partition coefficient (Wildman–Crippen LogP) is 1.15. The van der Waals surface area contributed by atoms with Crippen LogP contribution < -0.4 is 4.90 Å². The van der Waals surface area contributed by atoms with Crippen LogP contribution in [0.2, 0.25) is 0 Å². The molecule has 1 heterocycles. The summed E-state index contributed by atoms with van der Waals surface area (Å²) < 4.78 is 36.1. The van der Waals surface area contributed by atoms with Crippen LogP contribution in [0.3, 0.4) is 0 Å². The zero-order valence-corrected chi connectivity index (χ0v) is 11.2. The summed E-state index contributed by atoms with van der Waals surface area (Å²) in [7, 11) is -3.08. The van der Waals surface area contributed by atoms with Crippen LogP contribution in [0.15, 0.2) is 18.2 Å². The molecule has 0 radical (unpaired) electrons. The van der Waals surface area contributed by atoms with Crippen LogP contribution in [0.25, 0.3) is 0 Å². The van der Waals surface area contributed by atoms with Crippen LogP contribution in [0, 0.1) is 5.82 Å². The first kappa shape index (κ1) is 13.8. The summed E-state index contributed by atoms with van der Waals surface area (Å²) in [4.78, 5) is 12.8. The van der Waals surface area contributed by atoms with Gasteiger partial charge >= 0.3 is 5.97 Å². The number of hydrogen-bond donors (Lipinski definition) is 1. The van der Waals surface area contributed by atoms with Crippen molar-refractivity contribution in [3.63, 3.8) is 0 Å². The molecule has 2 rings (SSSR count). The van der Waals surface area contributed by atoms with E-state index in [1.807, 2.05) is 0 Å². The maximum Gasteiger partial charge on any atom is 0.337 e. The van der Waals surface area contributed by atoms with E-state index in [0.29, 0.717) is 5.69 Å². The van der Waals surface area contributed by atoms with Crippen molar-refractivity contribution in [1.29, 1.82) is 0 Å². The smallest absolute Gasteiger partial charge is 0.337 e. The normalized spacial score (nSPS) is 22.2. The van der Waals surface area contributed by atoms with Gasteiger partial charge in [-0.25, -0.2) is 17.6 Å². The van der Waals surface area contributed by atoms with Gasteiger partial charge in [0.2, 0.25) is 0 Å². The van der Waals surface area contributed by atoms with Crippen molar-refractivity contribution in [3.05, 3.63) is 29.6 Å². The van der Waals surface area contributed by atoms with E-state index in [-0.39, 0.29) is 29.7 Å². The van der Waals surface area contributed by atoms with E-state index in [9.17, 15) is 17.6 Å². The van der Waals surface area contributed by atoms with Gasteiger partial charge in [-0.3, -0.25) is 0 Å². The van der Waals surface area contributed by atoms with E-state index in [1.54, 1.807) is 11.8 Å². The van der Waals surface area contributed by atoms with Crippen molar-refractivity contribution in [3.8, 4) is 0 Å². The highest BCUT2D eigenvalue weighted by Gasteiger charge is 2.30. The lowest BCUT2D eigenvalue weighted by molar-refractivity contribution is 0.0697. The van der Waals surface area contributed by atoms with Crippen LogP contribution in [-0.4, -0.2) is 43.6 Å². The summed E-state index contributed by atoms with van der Waals surface area (Å²) in [6.45, 7) is 1.93. The highest BCUT2D eigenvalue weighted by atomic mass is 32.2. The van der Waals surface area contributed by atoms with Crippen molar-refractivity contribution in [2.24, 2.45) is 0 Å². The number of benzene rings is 1. The molecule has 1 aromatic rings. The molecule has 0 aromatic heterocycles. The number of aromatic carboxylic acids is 1. The second-order valence-corrected chi connectivity index (χ2v) is 6.85. The molecule has 0 saturated carbocycles. The Morgan fingerprint density at radius 2 is 2.16 bits per heavy atom. The Hall–Kier alpha value is -1.63. The molecule has 1 aliphatic rings. The average molecular weight is 287 g/mol. The molecule has 104 valence electrons. The molecule has 1 N–H and O–H groups in total. The largest absolute Gasteiger partial charge is 0.478 e. The summed E-state index contributed by atoms with van der Waals surface area (Å²) in [5.41, 5.74) is 0.211. The average Bonchev–Trinajstić information content (AvgIpc) is 2.28. The summed E-state index contributed by atoms with van der Waals surface area (Å²) in [5.74, 6) is -1.90. The quantitative estimate of drug-likeness (QED) is 0.883. The number of anilines is 1. The lowest BCUT2D eigenvalue weighted by atomic mass is 10.1. The monoisotopic (exact) mass is 287 g/mol. The minimum atomic E-state index is -3.08. The van der Waals surface area contributed by atoms with Crippen molar-refractivity contribution in [2.75, 3.05) is 23.0 Å². The Labute approximate surface area is 110 Å². The van der Waals surface area contributed by atoms with Gasteiger partial charge in [0.15, 0.2) is 9.84 Å². The summed E-state index contributed by atoms with van der Waals surface area (Å²) in [6.07, 6.45) is 0. The highest BCUT2D eigenvalue weighted by molar-refractivity contribution is 7.91. The fourth-order valence-electron chi connectivity index (χ4n) is 2.29. The van der Waals surface area contributed by atoms with E-state index in [2.05, 4.69) is 0 Å². The van der Waals surface area contributed by atoms with Crippen molar-refractivity contribution in [1.82, 2.24) is 0 Å². The Morgan fingerprint density at radius 1 is 1.47 bits per heavy atom. The van der Waals surface area contributed by atoms with Crippen LogP contribution in [0.5, 0.6) is 0 Å². The summed E-state index contributed by atoms with van der Waals surface area (Å²) in [5, 5.41) is 9.10. The van der Waals surface area contributed by atoms with Crippen molar-refractivity contribution >= 4 is 21.5 Å². The molecular formula is C12H14FNO4S. The molecule has 1 unspecified atom stereocenters. The lowest BCUT2D eigenvalue weighted by Gasteiger charge is -2.35. The molecule has 1 atom stereocenters. The van der Waals surface area contributed by atoms with Crippen LogP contribution >= 0.6 is 0 Å². The minimum absolute atomic E-state index is 0.0201. The van der Waals surface area contributed by atoms with E-state index in [0.717, 1.165) is 6.07 Å². The first-order chi connectivity index (χ1) is 8.80. The van der Waals surface area contributed by atoms with Crippen molar-refractivity contribution in [2.45, 2.75) is 13.0 Å². The van der Waals surface area contributed by atoms with Gasteiger partial charge < -0.3 is 10.0 Å². The number of carbonyl (C=O) groups is 1. The zero-order valence-electron chi connectivity index (χ0n) is 10.3. The maximum atomic E-state index is 13.1. The molecule has 1 aliphatic heterocycles. The molecular weight excluding hydrogens is 273 g/mol. The van der Waals surface area contributed by atoms with Crippen LogP contribution in [0.4, 0.5) is 10.1 Å². The number of rotatable bonds is 2. The van der Waals surface area contributed by atoms with E-state index in [1.165, 1.54) is 12.1 Å². The molecule has 1 aromatic carbocycles. The number of nitrogens with zero attached hydrogens (tertiary/aromatic N) is 1. The van der Waals surface area contributed by atoms with Gasteiger partial charge in [-0.05, 0) is 25.1 Å². The van der Waals surface area contributed by atoms with E-state index < -0.39 is 21.6 Å². The van der Waals surface area contributed by atoms with Gasteiger partial charge in [0, 0.05) is 12.6 Å². The third-order valence-electron chi connectivity index (χ3n) is 3.17. The summed E-state index contributed by atoms with van der Waals surface area (Å²) in [6, 6.07) is 3.18. The SMILES string of the molecule is CC1CS(=O)(=O)CCN1c1ccc(F)cc1C(=O)O. The molecule has 5 nitrogen and oxygen atoms in total. The molecule has 0 spiro atoms. The maximum absolute atomic E-state index is 13.1. The van der Waals surface area contributed by atoms with Crippen LogP contribution in [0.1, 0.15) is 17.3 Å². The molecule has 7 heteroatoms. The van der Waals surface area contributed by atoms with Gasteiger partial charge in [0.05, 0.1) is 22.8 Å². The number of sulfone groups is 1. The van der Waals surface area contributed by atoms with Gasteiger partial charge in [0.1, 0.15) is 5.82 Å². The first-order valence-corrected chi connectivity index (χ1v) is 7.62. The lowest BCUT2D eigenvalue weighted by Crippen LogP contribution is -2.47. The molecule has 1 saturated heterocycles. The first-order valence-electron chi connectivity index (χ1n) is 5.80. The van der Waals surface area contributed by atoms with Gasteiger partial charge in [-0.15, -0.1) is 0 Å². The molecule has 0 bridgehead atoms. The van der Waals surface area contributed by atoms with E-state index >= 15 is 0 Å². The van der Waals surface area contributed by atoms with Gasteiger partial charge in [-0.2, -0.15) is 0 Å². The van der Waals surface area contributed by atoms with E-state index in [4.69, 9.17) is 5.11 Å². The fraction of sp³-hybridized carbons (Fsp3) is 0.417. The number of hydrogen-bond acceptors (Lipinski definition) is 4. The number of carboxylic acid groups (broad SMARTS) is 1. The highest BCUT2D eigenvalue weighted by Crippen LogP contribution is 2.26. The Balaban J connectivity index is 2.40. The Bertz CT molecular complexity index is 614. The van der Waals surface area contributed by atoms with Gasteiger partial charge in [-0.1, -0.05) is 0 Å². The third kappa shape index (κ3) is 2.86. The molecule has 19 heavy (non-hydrogen) atoms. The molecule has 0 aliphatic carbocycles. The molecule has 1 fully saturated rings. The van der Waals surface area contributed by atoms with Gasteiger partial charge in [0.25, 0.3) is 0 Å². The Kier molecular flexibility index (Phi) is 3.49. The topological polar surface area (TPSA) is 74.7 Å². The minimum Gasteiger partial charge on any atom is -0.478 e. The second-order valence-electron chi connectivity index (χ2n) is 4.62.